The lowest BCUT2D eigenvalue weighted by atomic mass is 10.1. The zero-order valence-corrected chi connectivity index (χ0v) is 11.7. The van der Waals surface area contributed by atoms with Crippen LogP contribution in [0.25, 0.3) is 0 Å². The minimum Gasteiger partial charge on any atom is -0.388 e. The van der Waals surface area contributed by atoms with Crippen molar-refractivity contribution in [1.29, 1.82) is 0 Å². The Hall–Kier alpha value is -1.10. The van der Waals surface area contributed by atoms with Gasteiger partial charge in [-0.15, -0.1) is 0 Å². The number of benzene rings is 1. The Labute approximate surface area is 115 Å². The normalized spacial score (nSPS) is 20.5. The molecule has 0 unspecified atom stereocenters. The third-order valence-electron chi connectivity index (χ3n) is 4.15. The van der Waals surface area contributed by atoms with Crippen LogP contribution in [0.1, 0.15) is 11.1 Å². The summed E-state index contributed by atoms with van der Waals surface area (Å²) in [6, 6.07) is 6.57. The van der Waals surface area contributed by atoms with E-state index in [1.807, 2.05) is 7.05 Å². The van der Waals surface area contributed by atoms with Crippen LogP contribution < -0.4 is 5.32 Å². The molecule has 0 saturated carbocycles. The van der Waals surface area contributed by atoms with E-state index in [2.05, 4.69) is 33.3 Å². The summed E-state index contributed by atoms with van der Waals surface area (Å²) in [5.74, 6) is 0. The van der Waals surface area contributed by atoms with Gasteiger partial charge in [0, 0.05) is 52.0 Å². The molecule has 0 spiro atoms. The summed E-state index contributed by atoms with van der Waals surface area (Å²) in [4.78, 5) is 5.05. The molecule has 0 radical (unpaired) electrons. The van der Waals surface area contributed by atoms with E-state index >= 15 is 0 Å². The molecule has 0 aromatic heterocycles. The highest BCUT2D eigenvalue weighted by Crippen LogP contribution is 2.28. The molecule has 1 aromatic carbocycles. The topological polar surface area (TPSA) is 27.7 Å². The Morgan fingerprint density at radius 1 is 1.11 bits per heavy atom. The van der Waals surface area contributed by atoms with Gasteiger partial charge in [-0.3, -0.25) is 9.80 Å². The molecule has 2 heterocycles. The van der Waals surface area contributed by atoms with Crippen molar-refractivity contribution < 1.29 is 4.74 Å². The van der Waals surface area contributed by atoms with E-state index in [9.17, 15) is 0 Å². The number of morpholine rings is 1. The Morgan fingerprint density at radius 3 is 2.68 bits per heavy atom. The first kappa shape index (κ1) is 12.9. The van der Waals surface area contributed by atoms with Crippen molar-refractivity contribution in [2.75, 3.05) is 51.8 Å². The minimum atomic E-state index is 0.893. The maximum absolute atomic E-state index is 5.39. The van der Waals surface area contributed by atoms with E-state index in [4.69, 9.17) is 4.74 Å². The molecular formula is C15H23N3O. The number of fused-ring (bicyclic) bond motifs is 1. The molecule has 1 aromatic rings. The molecule has 0 bridgehead atoms. The van der Waals surface area contributed by atoms with Crippen LogP contribution in [0.3, 0.4) is 0 Å². The molecule has 0 atom stereocenters. The van der Waals surface area contributed by atoms with E-state index in [1.54, 1.807) is 0 Å². The molecule has 2 aliphatic rings. The van der Waals surface area contributed by atoms with E-state index in [1.165, 1.54) is 16.8 Å². The monoisotopic (exact) mass is 261 g/mol. The van der Waals surface area contributed by atoms with Crippen molar-refractivity contribution in [2.45, 2.75) is 13.1 Å². The molecule has 4 heteroatoms. The smallest absolute Gasteiger partial charge is 0.0594 e. The van der Waals surface area contributed by atoms with Crippen molar-refractivity contribution >= 4 is 5.69 Å². The average Bonchev–Trinajstić information content (AvgIpc) is 2.89. The maximum Gasteiger partial charge on any atom is 0.0594 e. The van der Waals surface area contributed by atoms with Gasteiger partial charge in [-0.05, 0) is 17.2 Å². The largest absolute Gasteiger partial charge is 0.388 e. The van der Waals surface area contributed by atoms with Crippen LogP contribution >= 0.6 is 0 Å². The molecule has 1 N–H and O–H groups in total. The van der Waals surface area contributed by atoms with E-state index in [0.717, 1.165) is 52.5 Å². The zero-order valence-electron chi connectivity index (χ0n) is 11.7. The van der Waals surface area contributed by atoms with Crippen LogP contribution in [0.4, 0.5) is 5.69 Å². The molecular weight excluding hydrogens is 238 g/mol. The quantitative estimate of drug-likeness (QED) is 0.886. The Balaban J connectivity index is 1.55. The fraction of sp³-hybridized carbons (Fsp3) is 0.600. The molecule has 0 amide bonds. The van der Waals surface area contributed by atoms with Crippen LogP contribution in [0.15, 0.2) is 18.2 Å². The predicted octanol–water partition coefficient (Wildman–Crippen LogP) is 1.38. The molecule has 1 saturated heterocycles. The molecule has 19 heavy (non-hydrogen) atoms. The second-order valence-electron chi connectivity index (χ2n) is 5.36. The van der Waals surface area contributed by atoms with Gasteiger partial charge in [-0.1, -0.05) is 12.1 Å². The maximum atomic E-state index is 5.39. The summed E-state index contributed by atoms with van der Waals surface area (Å²) < 4.78 is 5.39. The standard InChI is InChI=1S/C15H23N3O/c1-16-15-4-2-3-13-11-18(12-14(13)15)6-5-17-7-9-19-10-8-17/h2-4,16H,5-12H2,1H3. The number of hydrogen-bond acceptors (Lipinski definition) is 4. The summed E-state index contributed by atoms with van der Waals surface area (Å²) in [7, 11) is 2.01. The SMILES string of the molecule is CNc1cccc2c1CN(CCN1CCOCC1)C2. The molecule has 4 nitrogen and oxygen atoms in total. The summed E-state index contributed by atoms with van der Waals surface area (Å²) in [6.45, 7) is 8.44. The van der Waals surface area contributed by atoms with Crippen molar-refractivity contribution in [3.63, 3.8) is 0 Å². The van der Waals surface area contributed by atoms with Crippen molar-refractivity contribution in [1.82, 2.24) is 9.80 Å². The highest BCUT2D eigenvalue weighted by Gasteiger charge is 2.21. The van der Waals surface area contributed by atoms with Gasteiger partial charge in [-0.2, -0.15) is 0 Å². The second-order valence-corrected chi connectivity index (χ2v) is 5.36. The number of hydrogen-bond donors (Lipinski definition) is 1. The van der Waals surface area contributed by atoms with Crippen molar-refractivity contribution in [2.24, 2.45) is 0 Å². The average molecular weight is 261 g/mol. The van der Waals surface area contributed by atoms with Gasteiger partial charge in [0.2, 0.25) is 0 Å². The summed E-state index contributed by atoms with van der Waals surface area (Å²) in [6.07, 6.45) is 0. The van der Waals surface area contributed by atoms with E-state index in [0.29, 0.717) is 0 Å². The predicted molar refractivity (Wildman–Crippen MR) is 77.4 cm³/mol. The Bertz CT molecular complexity index is 429. The third-order valence-corrected chi connectivity index (χ3v) is 4.15. The lowest BCUT2D eigenvalue weighted by Crippen LogP contribution is -2.40. The molecule has 3 rings (SSSR count). The first-order valence-corrected chi connectivity index (χ1v) is 7.18. The number of nitrogens with one attached hydrogen (secondary N) is 1. The van der Waals surface area contributed by atoms with Crippen LogP contribution in [0.2, 0.25) is 0 Å². The summed E-state index contributed by atoms with van der Waals surface area (Å²) >= 11 is 0. The van der Waals surface area contributed by atoms with Crippen LogP contribution in [0.5, 0.6) is 0 Å². The molecule has 2 aliphatic heterocycles. The zero-order chi connectivity index (χ0) is 13.1. The lowest BCUT2D eigenvalue weighted by molar-refractivity contribution is 0.0331. The number of rotatable bonds is 4. The van der Waals surface area contributed by atoms with Gasteiger partial charge >= 0.3 is 0 Å². The summed E-state index contributed by atoms with van der Waals surface area (Å²) in [5, 5.41) is 3.30. The van der Waals surface area contributed by atoms with Gasteiger partial charge in [0.15, 0.2) is 0 Å². The Kier molecular flexibility index (Phi) is 4.01. The number of anilines is 1. The molecule has 1 fully saturated rings. The minimum absolute atomic E-state index is 0.893. The van der Waals surface area contributed by atoms with Crippen LogP contribution in [-0.2, 0) is 17.8 Å². The van der Waals surface area contributed by atoms with Gasteiger partial charge < -0.3 is 10.1 Å². The molecule has 104 valence electrons. The Morgan fingerprint density at radius 2 is 1.89 bits per heavy atom. The fourth-order valence-corrected chi connectivity index (χ4v) is 2.99. The summed E-state index contributed by atoms with van der Waals surface area (Å²) in [5.41, 5.74) is 4.24. The highest BCUT2D eigenvalue weighted by atomic mass is 16.5. The van der Waals surface area contributed by atoms with Crippen molar-refractivity contribution in [3.05, 3.63) is 29.3 Å². The highest BCUT2D eigenvalue weighted by molar-refractivity contribution is 5.55. The molecule has 0 aliphatic carbocycles. The first-order chi connectivity index (χ1) is 9.36. The number of nitrogens with zero attached hydrogens (tertiary/aromatic N) is 2. The van der Waals surface area contributed by atoms with Gasteiger partial charge in [0.25, 0.3) is 0 Å². The van der Waals surface area contributed by atoms with Crippen molar-refractivity contribution in [3.8, 4) is 0 Å². The third kappa shape index (κ3) is 2.91. The van der Waals surface area contributed by atoms with Gasteiger partial charge in [0.1, 0.15) is 0 Å². The van der Waals surface area contributed by atoms with E-state index < -0.39 is 0 Å². The van der Waals surface area contributed by atoms with Gasteiger partial charge in [-0.25, -0.2) is 0 Å². The fourth-order valence-electron chi connectivity index (χ4n) is 2.99. The van der Waals surface area contributed by atoms with Gasteiger partial charge in [0.05, 0.1) is 13.2 Å². The lowest BCUT2D eigenvalue weighted by Gasteiger charge is -2.28. The van der Waals surface area contributed by atoms with Crippen LogP contribution in [-0.4, -0.2) is 56.2 Å². The second kappa shape index (κ2) is 5.90. The number of ether oxygens (including phenoxy) is 1. The first-order valence-electron chi connectivity index (χ1n) is 7.18. The van der Waals surface area contributed by atoms with Crippen LogP contribution in [0, 0.1) is 0 Å². The van der Waals surface area contributed by atoms with E-state index in [-0.39, 0.29) is 0 Å².